The maximum absolute atomic E-state index is 12.3. The number of esters is 3. The minimum Gasteiger partial charge on any atom is -0.456 e. The van der Waals surface area contributed by atoms with Gasteiger partial charge in [-0.2, -0.15) is 13.2 Å². The van der Waals surface area contributed by atoms with Crippen molar-refractivity contribution in [3.05, 3.63) is 0 Å². The highest BCUT2D eigenvalue weighted by Gasteiger charge is 2.48. The number of alkyl halides is 3. The van der Waals surface area contributed by atoms with Crippen molar-refractivity contribution in [3.63, 3.8) is 0 Å². The van der Waals surface area contributed by atoms with Crippen molar-refractivity contribution >= 4 is 23.8 Å². The fourth-order valence-electron chi connectivity index (χ4n) is 2.07. The number of rotatable bonds is 5. The van der Waals surface area contributed by atoms with Gasteiger partial charge in [0, 0.05) is 20.8 Å². The zero-order valence-corrected chi connectivity index (χ0v) is 13.9. The molecule has 1 aliphatic heterocycles. The second-order valence-electron chi connectivity index (χ2n) is 5.15. The van der Waals surface area contributed by atoms with Gasteiger partial charge in [-0.15, -0.1) is 0 Å². The summed E-state index contributed by atoms with van der Waals surface area (Å²) in [5.74, 6) is -4.79. The Morgan fingerprint density at radius 3 is 1.88 bits per heavy atom. The lowest BCUT2D eigenvalue weighted by Gasteiger charge is -2.40. The van der Waals surface area contributed by atoms with Gasteiger partial charge in [-0.1, -0.05) is 0 Å². The van der Waals surface area contributed by atoms with Crippen molar-refractivity contribution in [2.24, 2.45) is 0 Å². The first-order chi connectivity index (χ1) is 11.9. The summed E-state index contributed by atoms with van der Waals surface area (Å²) in [4.78, 5) is 44.6. The quantitative estimate of drug-likeness (QED) is 0.359. The summed E-state index contributed by atoms with van der Waals surface area (Å²) in [6.07, 6.45) is -10.8. The summed E-state index contributed by atoms with van der Waals surface area (Å²) >= 11 is 0. The van der Waals surface area contributed by atoms with Gasteiger partial charge in [-0.25, -0.2) is 5.43 Å². The van der Waals surface area contributed by atoms with Gasteiger partial charge in [0.2, 0.25) is 0 Å². The number of carbonyl (C=O) groups is 4. The van der Waals surface area contributed by atoms with Crippen molar-refractivity contribution in [1.82, 2.24) is 10.9 Å². The van der Waals surface area contributed by atoms with Gasteiger partial charge in [0.1, 0.15) is 0 Å². The average Bonchev–Trinajstić information content (AvgIpc) is 2.46. The molecule has 0 spiro atoms. The molecule has 0 aromatic heterocycles. The Balaban J connectivity index is 2.99. The van der Waals surface area contributed by atoms with E-state index in [1.165, 1.54) is 5.43 Å². The van der Waals surface area contributed by atoms with E-state index < -0.39 is 61.1 Å². The van der Waals surface area contributed by atoms with Crippen molar-refractivity contribution < 1.29 is 51.3 Å². The van der Waals surface area contributed by atoms with E-state index in [9.17, 15) is 32.3 Å². The van der Waals surface area contributed by atoms with Crippen molar-refractivity contribution in [2.45, 2.75) is 51.5 Å². The Morgan fingerprint density at radius 2 is 1.42 bits per heavy atom. The molecule has 1 heterocycles. The summed E-state index contributed by atoms with van der Waals surface area (Å²) < 4.78 is 56.7. The van der Waals surface area contributed by atoms with Crippen LogP contribution >= 0.6 is 0 Å². The molecule has 0 unspecified atom stereocenters. The van der Waals surface area contributed by atoms with E-state index in [-0.39, 0.29) is 0 Å². The van der Waals surface area contributed by atoms with Crippen LogP contribution in [0.4, 0.5) is 13.2 Å². The van der Waals surface area contributed by atoms with E-state index in [0.717, 1.165) is 20.8 Å². The smallest absolute Gasteiger partial charge is 0.456 e. The molecule has 1 saturated heterocycles. The molecule has 1 amide bonds. The van der Waals surface area contributed by atoms with Crippen LogP contribution in [-0.2, 0) is 38.1 Å². The maximum Gasteiger partial charge on any atom is 0.472 e. The number of halogens is 3. The highest BCUT2D eigenvalue weighted by molar-refractivity contribution is 5.81. The lowest BCUT2D eigenvalue weighted by molar-refractivity contribution is -0.232. The van der Waals surface area contributed by atoms with Gasteiger partial charge in [0.15, 0.2) is 24.5 Å². The molecule has 0 aromatic rings. The SMILES string of the molecule is CC(=O)O[C@@H]1[C@@H](OC(C)=O)[C@H](OC(C)=O)CO[C@H]1NNC(=O)C(F)(F)F. The molecule has 1 rings (SSSR count). The largest absolute Gasteiger partial charge is 0.472 e. The molecular formula is C13H17F3N2O8. The molecule has 0 bridgehead atoms. The van der Waals surface area contributed by atoms with E-state index in [4.69, 9.17) is 18.9 Å². The van der Waals surface area contributed by atoms with Crippen molar-refractivity contribution in [1.29, 1.82) is 0 Å². The predicted octanol–water partition coefficient (Wildman–Crippen LogP) is -0.679. The number of carbonyl (C=O) groups excluding carboxylic acids is 4. The molecular weight excluding hydrogens is 369 g/mol. The zero-order chi connectivity index (χ0) is 20.1. The minimum absolute atomic E-state index is 0.408. The summed E-state index contributed by atoms with van der Waals surface area (Å²) in [5.41, 5.74) is 3.26. The Kier molecular flexibility index (Phi) is 7.32. The van der Waals surface area contributed by atoms with Crippen LogP contribution in [0, 0.1) is 0 Å². The van der Waals surface area contributed by atoms with E-state index in [1.807, 2.05) is 5.43 Å². The molecule has 148 valence electrons. The van der Waals surface area contributed by atoms with E-state index in [0.29, 0.717) is 0 Å². The van der Waals surface area contributed by atoms with Crippen LogP contribution in [0.1, 0.15) is 20.8 Å². The summed E-state index contributed by atoms with van der Waals surface area (Å²) in [7, 11) is 0. The van der Waals surface area contributed by atoms with Crippen LogP contribution in [0.15, 0.2) is 0 Å². The molecule has 0 radical (unpaired) electrons. The molecule has 1 aliphatic rings. The number of hydrogen-bond acceptors (Lipinski definition) is 9. The average molecular weight is 386 g/mol. The van der Waals surface area contributed by atoms with Gasteiger partial charge in [0.25, 0.3) is 0 Å². The summed E-state index contributed by atoms with van der Waals surface area (Å²) in [6, 6.07) is 0. The molecule has 0 aliphatic carbocycles. The third-order valence-electron chi connectivity index (χ3n) is 2.94. The van der Waals surface area contributed by atoms with Crippen LogP contribution in [0.25, 0.3) is 0 Å². The highest BCUT2D eigenvalue weighted by atomic mass is 19.4. The highest BCUT2D eigenvalue weighted by Crippen LogP contribution is 2.23. The molecule has 26 heavy (non-hydrogen) atoms. The van der Waals surface area contributed by atoms with Crippen LogP contribution in [0.5, 0.6) is 0 Å². The number of hydrazine groups is 1. The predicted molar refractivity (Wildman–Crippen MR) is 73.7 cm³/mol. The van der Waals surface area contributed by atoms with E-state index in [2.05, 4.69) is 0 Å². The molecule has 2 N–H and O–H groups in total. The minimum atomic E-state index is -5.17. The first kappa shape index (κ1) is 21.6. The molecule has 0 aromatic carbocycles. The standard InChI is InChI=1S/C13H17F3N2O8/c1-5(19)24-8-4-23-11(17-18-12(22)13(14,15)16)10(26-7(3)21)9(8)25-6(2)20/h8-11,17H,4H2,1-3H3,(H,18,22)/t8-,9+,10-,11-/m1/s1. The third kappa shape index (κ3) is 6.48. The second-order valence-corrected chi connectivity index (χ2v) is 5.15. The van der Waals surface area contributed by atoms with Crippen LogP contribution in [-0.4, -0.2) is 61.1 Å². The van der Waals surface area contributed by atoms with Crippen molar-refractivity contribution in [2.75, 3.05) is 6.61 Å². The lowest BCUT2D eigenvalue weighted by Crippen LogP contribution is -2.64. The number of nitrogens with one attached hydrogen (secondary N) is 2. The number of amides is 1. The van der Waals surface area contributed by atoms with Gasteiger partial charge in [0.05, 0.1) is 6.61 Å². The first-order valence-electron chi connectivity index (χ1n) is 7.17. The monoisotopic (exact) mass is 386 g/mol. The molecule has 10 nitrogen and oxygen atoms in total. The van der Waals surface area contributed by atoms with Crippen LogP contribution in [0.2, 0.25) is 0 Å². The fraction of sp³-hybridized carbons (Fsp3) is 0.692. The molecule has 13 heteroatoms. The normalized spacial score (nSPS) is 25.8. The zero-order valence-electron chi connectivity index (χ0n) is 13.9. The summed E-state index contributed by atoms with van der Waals surface area (Å²) in [6.45, 7) is 2.68. The number of ether oxygens (including phenoxy) is 4. The van der Waals surface area contributed by atoms with E-state index in [1.54, 1.807) is 0 Å². The number of hydrogen-bond donors (Lipinski definition) is 2. The van der Waals surface area contributed by atoms with Gasteiger partial charge < -0.3 is 18.9 Å². The molecule has 4 atom stereocenters. The first-order valence-corrected chi connectivity index (χ1v) is 7.17. The topological polar surface area (TPSA) is 129 Å². The summed E-state index contributed by atoms with van der Waals surface area (Å²) in [5, 5.41) is 0. The molecule has 0 saturated carbocycles. The maximum atomic E-state index is 12.3. The Hall–Kier alpha value is -2.41. The van der Waals surface area contributed by atoms with Crippen LogP contribution in [0.3, 0.4) is 0 Å². The Bertz CT molecular complexity index is 568. The second kappa shape index (κ2) is 8.80. The third-order valence-corrected chi connectivity index (χ3v) is 2.94. The fourth-order valence-corrected chi connectivity index (χ4v) is 2.07. The van der Waals surface area contributed by atoms with Crippen molar-refractivity contribution in [3.8, 4) is 0 Å². The van der Waals surface area contributed by atoms with Gasteiger partial charge in [-0.3, -0.25) is 24.6 Å². The lowest BCUT2D eigenvalue weighted by atomic mass is 10.0. The molecule has 1 fully saturated rings. The van der Waals surface area contributed by atoms with Crippen LogP contribution < -0.4 is 10.9 Å². The Morgan fingerprint density at radius 1 is 0.923 bits per heavy atom. The Labute approximate surface area is 145 Å². The van der Waals surface area contributed by atoms with Gasteiger partial charge >= 0.3 is 30.0 Å². The van der Waals surface area contributed by atoms with E-state index >= 15 is 0 Å². The van der Waals surface area contributed by atoms with Gasteiger partial charge in [-0.05, 0) is 0 Å².